The minimum absolute atomic E-state index is 0.0281. The first-order chi connectivity index (χ1) is 26.3. The number of halogens is 1. The highest BCUT2D eigenvalue weighted by Crippen LogP contribution is 2.49. The Morgan fingerprint density at radius 2 is 1.87 bits per heavy atom. The first-order valence-electron chi connectivity index (χ1n) is 20.7. The van der Waals surface area contributed by atoms with E-state index in [0.29, 0.717) is 30.6 Å². The lowest BCUT2D eigenvalue weighted by Crippen LogP contribution is -2.66. The molecule has 0 radical (unpaired) electrons. The number of carbonyl (C=O) groups excluding carboxylic acids is 1. The van der Waals surface area contributed by atoms with E-state index in [2.05, 4.69) is 70.3 Å². The van der Waals surface area contributed by atoms with E-state index in [-0.39, 0.29) is 28.0 Å². The van der Waals surface area contributed by atoms with Crippen molar-refractivity contribution in [3.63, 3.8) is 0 Å². The molecule has 4 aliphatic heterocycles. The molecule has 2 aliphatic carbocycles. The van der Waals surface area contributed by atoms with Crippen LogP contribution in [0.25, 0.3) is 0 Å². The zero-order valence-electron chi connectivity index (χ0n) is 33.3. The fourth-order valence-electron chi connectivity index (χ4n) is 10.5. The molecule has 300 valence electrons. The molecule has 9 nitrogen and oxygen atoms in total. The molecule has 7 atom stereocenters. The van der Waals surface area contributed by atoms with Crippen molar-refractivity contribution in [1.29, 1.82) is 0 Å². The number of allylic oxidation sites excluding steroid dienone is 1. The van der Waals surface area contributed by atoms with Gasteiger partial charge in [-0.1, -0.05) is 36.7 Å². The Morgan fingerprint density at radius 3 is 2.58 bits per heavy atom. The molecule has 2 saturated heterocycles. The maximum atomic E-state index is 14.1. The van der Waals surface area contributed by atoms with Crippen LogP contribution in [-0.2, 0) is 31.0 Å². The summed E-state index contributed by atoms with van der Waals surface area (Å²) in [6, 6.07) is 12.1. The first kappa shape index (κ1) is 39.2. The van der Waals surface area contributed by atoms with Crippen molar-refractivity contribution in [2.75, 3.05) is 77.1 Å². The van der Waals surface area contributed by atoms with Gasteiger partial charge in [-0.2, -0.15) is 0 Å². The van der Waals surface area contributed by atoms with Crippen LogP contribution in [0.3, 0.4) is 0 Å². The highest BCUT2D eigenvalue weighted by Gasteiger charge is 2.51. The number of anilines is 1. The second kappa shape index (κ2) is 15.3. The molecule has 0 aromatic heterocycles. The number of hydrogen-bond donors (Lipinski definition) is 1. The first-order valence-corrected chi connectivity index (χ1v) is 22.9. The summed E-state index contributed by atoms with van der Waals surface area (Å²) in [6.07, 6.45) is 10.7. The molecule has 1 spiro atoms. The second-order valence-electron chi connectivity index (χ2n) is 17.8. The molecule has 1 saturated carbocycles. The predicted molar refractivity (Wildman–Crippen MR) is 223 cm³/mol. The number of piperazine rings is 1. The van der Waals surface area contributed by atoms with E-state index < -0.39 is 15.3 Å². The van der Waals surface area contributed by atoms with Crippen LogP contribution in [0.4, 0.5) is 5.69 Å². The van der Waals surface area contributed by atoms with E-state index in [9.17, 15) is 9.00 Å². The van der Waals surface area contributed by atoms with Crippen molar-refractivity contribution in [2.24, 2.45) is 17.8 Å². The van der Waals surface area contributed by atoms with Gasteiger partial charge >= 0.3 is 0 Å². The minimum atomic E-state index is -2.96. The molecule has 4 heterocycles. The minimum Gasteiger partial charge on any atom is -0.490 e. The van der Waals surface area contributed by atoms with Crippen LogP contribution in [0, 0.1) is 17.8 Å². The number of fused-ring (bicyclic) bond motifs is 4. The van der Waals surface area contributed by atoms with Gasteiger partial charge in [0.1, 0.15) is 11.4 Å². The summed E-state index contributed by atoms with van der Waals surface area (Å²) in [4.78, 5) is 21.6. The van der Waals surface area contributed by atoms with Crippen LogP contribution in [0.1, 0.15) is 81.3 Å². The van der Waals surface area contributed by atoms with Crippen molar-refractivity contribution in [3.8, 4) is 5.75 Å². The number of aryl methyl sites for hydroxylation is 1. The van der Waals surface area contributed by atoms with Gasteiger partial charge in [-0.15, -0.1) is 0 Å². The summed E-state index contributed by atoms with van der Waals surface area (Å²) in [5.74, 6) is 5.23. The molecular weight excluding hydrogens is 732 g/mol. The zero-order valence-corrected chi connectivity index (χ0v) is 34.9. The molecule has 55 heavy (non-hydrogen) atoms. The normalized spacial score (nSPS) is 35.9. The molecule has 2 bridgehead atoms. The lowest BCUT2D eigenvalue weighted by molar-refractivity contribution is -0.148. The van der Waals surface area contributed by atoms with Crippen molar-refractivity contribution in [3.05, 3.63) is 70.3 Å². The van der Waals surface area contributed by atoms with Gasteiger partial charge in [0.25, 0.3) is 5.91 Å². The molecule has 3 fully saturated rings. The van der Waals surface area contributed by atoms with Gasteiger partial charge in [-0.25, -0.2) is 4.21 Å². The number of carbonyl (C=O) groups is 1. The standard InChI is InChI=1S/C44H61ClN4O5S/c1-6-54-44(27-47-19-21-49(22-20-47)42(4)28-52-29-42)18-7-9-31(2)32(3)55(5,51)46-41(50)34-12-16-40-39(24-34)48(25-35-11-14-38(35)44)26-43(30-53-40)17-8-10-33-23-36(45)13-15-37(33)43/h7,12-13,15-16,18,23-24,31-32,35,38H,5-6,8-11,14,17,19-22,25-30H2,1-4H3,(H,46,50,51)/b18-7+/t31-,32+,35-,38+,43-,44+,55?/m0/s1. The third kappa shape index (κ3) is 7.49. The van der Waals surface area contributed by atoms with Gasteiger partial charge in [0.15, 0.2) is 0 Å². The molecule has 1 N–H and O–H groups in total. The van der Waals surface area contributed by atoms with Gasteiger partial charge < -0.3 is 19.1 Å². The van der Waals surface area contributed by atoms with E-state index in [1.54, 1.807) is 6.07 Å². The van der Waals surface area contributed by atoms with Gasteiger partial charge in [-0.3, -0.25) is 19.3 Å². The van der Waals surface area contributed by atoms with E-state index >= 15 is 0 Å². The molecule has 8 rings (SSSR count). The molecule has 6 aliphatic rings. The highest BCUT2D eigenvalue weighted by molar-refractivity contribution is 7.99. The van der Waals surface area contributed by atoms with Crippen LogP contribution >= 0.6 is 11.6 Å². The van der Waals surface area contributed by atoms with Crippen LogP contribution in [0.5, 0.6) is 5.75 Å². The molecule has 2 aromatic carbocycles. The Hall–Kier alpha value is -2.60. The molecular formula is C44H61ClN4O5S. The Bertz CT molecular complexity index is 1890. The van der Waals surface area contributed by atoms with E-state index in [1.807, 2.05) is 25.1 Å². The average Bonchev–Trinajstić information content (AvgIpc) is 3.28. The van der Waals surface area contributed by atoms with Crippen LogP contribution in [0.15, 0.2) is 48.6 Å². The van der Waals surface area contributed by atoms with E-state index in [0.717, 1.165) is 114 Å². The van der Waals surface area contributed by atoms with Crippen LogP contribution < -0.4 is 14.4 Å². The summed E-state index contributed by atoms with van der Waals surface area (Å²) in [7, 11) is -2.96. The van der Waals surface area contributed by atoms with Gasteiger partial charge in [0, 0.05) is 73.7 Å². The Morgan fingerprint density at radius 1 is 1.07 bits per heavy atom. The van der Waals surface area contributed by atoms with Gasteiger partial charge in [-0.05, 0) is 124 Å². The highest BCUT2D eigenvalue weighted by atomic mass is 35.5. The summed E-state index contributed by atoms with van der Waals surface area (Å²) in [5.41, 5.74) is 3.46. The maximum absolute atomic E-state index is 14.1. The SMILES string of the molecule is C=S1(=O)NC(=O)c2ccc3c(c2)N(C[C@@H]2CC[C@H]2[C@@](CN2CCN(C4(C)COC4)CC2)(OCC)/C=C/C[C@H](C)[C@H]1C)C[C@@]1(CCCc2cc(Cl)ccc21)CO3. The zero-order chi connectivity index (χ0) is 38.6. The second-order valence-corrected chi connectivity index (χ2v) is 20.7. The Balaban J connectivity index is 1.17. The molecule has 2 aromatic rings. The third-order valence-electron chi connectivity index (χ3n) is 14.2. The van der Waals surface area contributed by atoms with Crippen LogP contribution in [0.2, 0.25) is 5.02 Å². The number of benzene rings is 2. The smallest absolute Gasteiger partial charge is 0.262 e. The van der Waals surface area contributed by atoms with Crippen LogP contribution in [-0.4, -0.2) is 114 Å². The lowest BCUT2D eigenvalue weighted by Gasteiger charge is -2.54. The predicted octanol–water partition coefficient (Wildman–Crippen LogP) is 6.37. The number of ether oxygens (including phenoxy) is 3. The quantitative estimate of drug-likeness (QED) is 0.277. The number of amides is 1. The third-order valence-corrected chi connectivity index (χ3v) is 16.7. The topological polar surface area (TPSA) is 83.6 Å². The monoisotopic (exact) mass is 792 g/mol. The number of nitrogens with zero attached hydrogens (tertiary/aromatic N) is 3. The fourth-order valence-corrected chi connectivity index (χ4v) is 12.1. The van der Waals surface area contributed by atoms with Crippen molar-refractivity contribution in [1.82, 2.24) is 14.5 Å². The Labute approximate surface area is 334 Å². The Kier molecular flexibility index (Phi) is 10.9. The van der Waals surface area contributed by atoms with Gasteiger partial charge in [0.2, 0.25) is 0 Å². The fraction of sp³-hybridized carbons (Fsp3) is 0.636. The average molecular weight is 794 g/mol. The molecule has 1 unspecified atom stereocenters. The molecule has 11 heteroatoms. The molecule has 1 amide bonds. The number of hydrogen-bond acceptors (Lipinski definition) is 8. The summed E-state index contributed by atoms with van der Waals surface area (Å²) < 4.78 is 36.4. The number of nitrogens with one attached hydrogen (secondary N) is 1. The lowest BCUT2D eigenvalue weighted by atomic mass is 9.63. The van der Waals surface area contributed by atoms with Crippen molar-refractivity contribution >= 4 is 38.8 Å². The summed E-state index contributed by atoms with van der Waals surface area (Å²) in [6.45, 7) is 17.8. The van der Waals surface area contributed by atoms with E-state index in [1.165, 1.54) is 11.1 Å². The summed E-state index contributed by atoms with van der Waals surface area (Å²) >= 11 is 6.54. The van der Waals surface area contributed by atoms with E-state index in [4.69, 9.17) is 25.8 Å². The van der Waals surface area contributed by atoms with Gasteiger partial charge in [0.05, 0.1) is 40.8 Å². The van der Waals surface area contributed by atoms with Crippen molar-refractivity contribution in [2.45, 2.75) is 88.0 Å². The number of rotatable bonds is 5. The summed E-state index contributed by atoms with van der Waals surface area (Å²) in [5, 5.41) is 0.433. The largest absolute Gasteiger partial charge is 0.490 e. The van der Waals surface area contributed by atoms with Crippen molar-refractivity contribution < 1.29 is 23.2 Å². The maximum Gasteiger partial charge on any atom is 0.262 e.